The fourth-order valence-electron chi connectivity index (χ4n) is 2.17. The highest BCUT2D eigenvalue weighted by Gasteiger charge is 2.76. The summed E-state index contributed by atoms with van der Waals surface area (Å²) in [6.45, 7) is 3.04. The molecule has 0 saturated heterocycles. The molecule has 23 heavy (non-hydrogen) atoms. The molecule has 0 radical (unpaired) electrons. The van der Waals surface area contributed by atoms with Crippen molar-refractivity contribution in [2.75, 3.05) is 7.11 Å². The fraction of sp³-hybridized carbons (Fsp3) is 0.692. The van der Waals surface area contributed by atoms with Crippen LogP contribution in [0.3, 0.4) is 0 Å². The molecule has 0 atom stereocenters. The lowest BCUT2D eigenvalue weighted by Gasteiger charge is -2.33. The van der Waals surface area contributed by atoms with E-state index in [2.05, 4.69) is 4.74 Å². The van der Waals surface area contributed by atoms with Crippen molar-refractivity contribution in [3.63, 3.8) is 0 Å². The van der Waals surface area contributed by atoms with Gasteiger partial charge in [0, 0.05) is 12.8 Å². The number of carbonyl (C=O) groups is 2. The second-order valence-corrected chi connectivity index (χ2v) is 5.92. The Labute approximate surface area is 126 Å². The van der Waals surface area contributed by atoms with Crippen molar-refractivity contribution in [2.45, 2.75) is 44.7 Å². The minimum absolute atomic E-state index is 0.232. The summed E-state index contributed by atoms with van der Waals surface area (Å²) >= 11 is 0. The monoisotopic (exact) mass is 350 g/mol. The van der Waals surface area contributed by atoms with Gasteiger partial charge in [-0.05, 0) is 5.41 Å². The lowest BCUT2D eigenvalue weighted by Crippen LogP contribution is -2.57. The van der Waals surface area contributed by atoms with Crippen LogP contribution in [0.1, 0.15) is 26.7 Å². The van der Waals surface area contributed by atoms with E-state index in [0.717, 1.165) is 7.11 Å². The third kappa shape index (κ3) is 3.20. The maximum Gasteiger partial charge on any atom is 0.460 e. The van der Waals surface area contributed by atoms with E-state index < -0.39 is 52.8 Å². The minimum atomic E-state index is -6.66. The van der Waals surface area contributed by atoms with Crippen molar-refractivity contribution < 1.29 is 45.1 Å². The maximum absolute atomic E-state index is 13.5. The van der Waals surface area contributed by atoms with Crippen LogP contribution in [-0.2, 0) is 14.3 Å². The normalized spacial score (nSPS) is 19.8. The first-order valence-corrected chi connectivity index (χ1v) is 6.26. The summed E-state index contributed by atoms with van der Waals surface area (Å²) in [4.78, 5) is 23.4. The molecule has 0 aliphatic heterocycles. The molecule has 1 rings (SSSR count). The number of rotatable bonds is 4. The van der Waals surface area contributed by atoms with E-state index >= 15 is 0 Å². The number of ketones is 2. The highest BCUT2D eigenvalue weighted by Crippen LogP contribution is 2.49. The molecule has 1 aliphatic carbocycles. The average molecular weight is 350 g/mol. The van der Waals surface area contributed by atoms with Crippen molar-refractivity contribution in [1.82, 2.24) is 0 Å². The number of methoxy groups -OCH3 is 1. The van der Waals surface area contributed by atoms with E-state index in [-0.39, 0.29) is 6.42 Å². The van der Waals surface area contributed by atoms with Crippen LogP contribution in [0.2, 0.25) is 0 Å². The van der Waals surface area contributed by atoms with Gasteiger partial charge in [-0.25, -0.2) is 0 Å². The van der Waals surface area contributed by atoms with E-state index in [0.29, 0.717) is 0 Å². The SMILES string of the molecule is COC1=C(C(=O)C(F)(F)C(F)(F)C(F)(F)F)C(=O)CC(C)(C)C1. The Kier molecular flexibility index (Phi) is 4.63. The number of carbonyl (C=O) groups excluding carboxylic acids is 2. The molecule has 0 unspecified atom stereocenters. The highest BCUT2D eigenvalue weighted by molar-refractivity contribution is 6.23. The van der Waals surface area contributed by atoms with Crippen LogP contribution in [0.25, 0.3) is 0 Å². The number of hydrogen-bond acceptors (Lipinski definition) is 3. The Hall–Kier alpha value is -1.61. The van der Waals surface area contributed by atoms with Gasteiger partial charge in [-0.3, -0.25) is 9.59 Å². The number of allylic oxidation sites excluding steroid dienone is 2. The molecular formula is C13H13F7O3. The molecular weight excluding hydrogens is 337 g/mol. The fourth-order valence-corrected chi connectivity index (χ4v) is 2.17. The van der Waals surface area contributed by atoms with Crippen LogP contribution in [0.5, 0.6) is 0 Å². The Balaban J connectivity index is 3.42. The van der Waals surface area contributed by atoms with Gasteiger partial charge >= 0.3 is 18.0 Å². The van der Waals surface area contributed by atoms with Crippen LogP contribution in [0, 0.1) is 5.41 Å². The predicted molar refractivity (Wildman–Crippen MR) is 63.0 cm³/mol. The average Bonchev–Trinajstić information content (AvgIpc) is 2.34. The second kappa shape index (κ2) is 5.48. The maximum atomic E-state index is 13.5. The summed E-state index contributed by atoms with van der Waals surface area (Å²) < 4.78 is 93.9. The standard InChI is InChI=1S/C13H13F7O3/c1-10(2)4-6(21)8(7(5-10)23-3)9(22)11(14,15)12(16,17)13(18,19)20/h4-5H2,1-3H3. The van der Waals surface area contributed by atoms with Gasteiger partial charge in [0.25, 0.3) is 0 Å². The Morgan fingerprint density at radius 3 is 1.91 bits per heavy atom. The third-order valence-electron chi connectivity index (χ3n) is 3.34. The molecule has 0 aromatic carbocycles. The van der Waals surface area contributed by atoms with Crippen LogP contribution >= 0.6 is 0 Å². The van der Waals surface area contributed by atoms with Crippen molar-refractivity contribution in [1.29, 1.82) is 0 Å². The topological polar surface area (TPSA) is 43.4 Å². The van der Waals surface area contributed by atoms with Gasteiger partial charge in [-0.15, -0.1) is 0 Å². The minimum Gasteiger partial charge on any atom is -0.500 e. The van der Waals surface area contributed by atoms with Crippen LogP contribution in [0.15, 0.2) is 11.3 Å². The molecule has 0 aromatic rings. The van der Waals surface area contributed by atoms with Gasteiger partial charge in [0.2, 0.25) is 5.78 Å². The first kappa shape index (κ1) is 19.4. The highest BCUT2D eigenvalue weighted by atomic mass is 19.4. The lowest BCUT2D eigenvalue weighted by atomic mass is 9.75. The summed E-state index contributed by atoms with van der Waals surface area (Å²) in [5.74, 6) is -17.5. The number of hydrogen-bond donors (Lipinski definition) is 0. The molecule has 0 N–H and O–H groups in total. The number of ether oxygens (including phenoxy) is 1. The summed E-state index contributed by atoms with van der Waals surface area (Å²) in [5, 5.41) is 0. The molecule has 132 valence electrons. The third-order valence-corrected chi connectivity index (χ3v) is 3.34. The summed E-state index contributed by atoms with van der Waals surface area (Å²) in [6, 6.07) is 0. The van der Waals surface area contributed by atoms with Crippen molar-refractivity contribution in [2.24, 2.45) is 5.41 Å². The molecule has 0 fully saturated rings. The van der Waals surface area contributed by atoms with Gasteiger partial charge in [-0.1, -0.05) is 13.8 Å². The van der Waals surface area contributed by atoms with E-state index in [9.17, 15) is 40.3 Å². The van der Waals surface area contributed by atoms with Crippen molar-refractivity contribution in [3.05, 3.63) is 11.3 Å². The molecule has 3 nitrogen and oxygen atoms in total. The van der Waals surface area contributed by atoms with Crippen LogP contribution in [-0.4, -0.2) is 36.7 Å². The predicted octanol–water partition coefficient (Wildman–Crippen LogP) is 3.68. The zero-order valence-electron chi connectivity index (χ0n) is 12.3. The molecule has 1 aliphatic rings. The Morgan fingerprint density at radius 2 is 1.52 bits per heavy atom. The summed E-state index contributed by atoms with van der Waals surface area (Å²) in [7, 11) is 0.900. The van der Waals surface area contributed by atoms with Crippen molar-refractivity contribution >= 4 is 11.6 Å². The number of Topliss-reactive ketones (excluding diaryl/α,β-unsaturated/α-hetero) is 2. The van der Waals surface area contributed by atoms with E-state index in [1.54, 1.807) is 0 Å². The van der Waals surface area contributed by atoms with E-state index in [4.69, 9.17) is 0 Å². The quantitative estimate of drug-likeness (QED) is 0.574. The molecule has 0 spiro atoms. The molecule has 0 heterocycles. The first-order valence-electron chi connectivity index (χ1n) is 6.26. The molecule has 0 bridgehead atoms. The van der Waals surface area contributed by atoms with Gasteiger partial charge in [0.05, 0.1) is 7.11 Å². The van der Waals surface area contributed by atoms with E-state index in [1.807, 2.05) is 0 Å². The zero-order valence-corrected chi connectivity index (χ0v) is 12.3. The molecule has 10 heteroatoms. The molecule has 0 saturated carbocycles. The number of halogens is 7. The molecule has 0 aromatic heterocycles. The van der Waals surface area contributed by atoms with Gasteiger partial charge in [0.1, 0.15) is 11.3 Å². The van der Waals surface area contributed by atoms with Gasteiger partial charge in [-0.2, -0.15) is 30.7 Å². The smallest absolute Gasteiger partial charge is 0.460 e. The lowest BCUT2D eigenvalue weighted by molar-refractivity contribution is -0.342. The zero-order chi connectivity index (χ0) is 18.4. The largest absolute Gasteiger partial charge is 0.500 e. The summed E-state index contributed by atoms with van der Waals surface area (Å²) in [5.41, 5.74) is -2.26. The Morgan fingerprint density at radius 1 is 1.04 bits per heavy atom. The number of alkyl halides is 7. The van der Waals surface area contributed by atoms with Crippen molar-refractivity contribution in [3.8, 4) is 0 Å². The van der Waals surface area contributed by atoms with Gasteiger partial charge < -0.3 is 4.74 Å². The first-order chi connectivity index (χ1) is 10.1. The van der Waals surface area contributed by atoms with Gasteiger partial charge in [0.15, 0.2) is 5.78 Å². The summed E-state index contributed by atoms with van der Waals surface area (Å²) in [6.07, 6.45) is -7.35. The van der Waals surface area contributed by atoms with Crippen LogP contribution < -0.4 is 0 Å². The van der Waals surface area contributed by atoms with Crippen LogP contribution in [0.4, 0.5) is 30.7 Å². The van der Waals surface area contributed by atoms with E-state index in [1.165, 1.54) is 13.8 Å². The second-order valence-electron chi connectivity index (χ2n) is 5.92. The molecule has 0 amide bonds. The Bertz CT molecular complexity index is 558.